The number of piperidine rings is 1. The van der Waals surface area contributed by atoms with Crippen molar-refractivity contribution in [2.75, 3.05) is 52.6 Å². The van der Waals surface area contributed by atoms with E-state index in [0.717, 1.165) is 90.9 Å². The van der Waals surface area contributed by atoms with E-state index in [1.165, 1.54) is 0 Å². The molecule has 1 spiro atoms. The lowest BCUT2D eigenvalue weighted by atomic mass is 9.88. The summed E-state index contributed by atoms with van der Waals surface area (Å²) in [7, 11) is 0. The van der Waals surface area contributed by atoms with Crippen LogP contribution in [0.25, 0.3) is 0 Å². The average molecular weight is 352 g/mol. The highest BCUT2D eigenvalue weighted by Crippen LogP contribution is 2.37. The highest BCUT2D eigenvalue weighted by molar-refractivity contribution is 5.74. The molecule has 4 fully saturated rings. The zero-order valence-corrected chi connectivity index (χ0v) is 15.3. The molecule has 4 saturated heterocycles. The van der Waals surface area contributed by atoms with Crippen molar-refractivity contribution in [1.29, 1.82) is 0 Å². The molecule has 0 N–H and O–H groups in total. The first-order valence-corrected chi connectivity index (χ1v) is 10.1. The number of likely N-dealkylation sites (tertiary alicyclic amines) is 2. The minimum Gasteiger partial charge on any atom is -0.381 e. The van der Waals surface area contributed by atoms with Gasteiger partial charge in [0.2, 0.25) is 0 Å². The normalized spacial score (nSPS) is 30.3. The smallest absolute Gasteiger partial charge is 0.320 e. The number of hydrogen-bond donors (Lipinski definition) is 0. The van der Waals surface area contributed by atoms with Crippen LogP contribution in [-0.4, -0.2) is 80.1 Å². The molecule has 4 aliphatic heterocycles. The predicted molar refractivity (Wildman–Crippen MR) is 93.6 cm³/mol. The maximum Gasteiger partial charge on any atom is 0.320 e. The van der Waals surface area contributed by atoms with Crippen molar-refractivity contribution in [3.05, 3.63) is 0 Å². The Kier molecular flexibility index (Phi) is 5.48. The summed E-state index contributed by atoms with van der Waals surface area (Å²) in [5.74, 6) is 0.644. The molecule has 0 unspecified atom stereocenters. The number of nitrogens with zero attached hydrogens (tertiary/aromatic N) is 2. The highest BCUT2D eigenvalue weighted by atomic mass is 16.6. The molecule has 2 amide bonds. The summed E-state index contributed by atoms with van der Waals surface area (Å²) in [6, 6.07) is 0.234. The van der Waals surface area contributed by atoms with Crippen molar-refractivity contribution < 1.29 is 19.0 Å². The molecule has 4 rings (SSSR count). The standard InChI is InChI=1S/C19H32N2O4/c22-18(20-7-1-2-8-20)21-9-5-19(6-10-21)13-17(15-25-19)24-14-16-3-11-23-12-4-16/h16-17H,1-15H2/t17-/m1/s1. The molecule has 25 heavy (non-hydrogen) atoms. The summed E-state index contributed by atoms with van der Waals surface area (Å²) in [5.41, 5.74) is -0.0534. The fourth-order valence-electron chi connectivity index (χ4n) is 4.66. The summed E-state index contributed by atoms with van der Waals surface area (Å²) in [5, 5.41) is 0. The van der Waals surface area contributed by atoms with Gasteiger partial charge < -0.3 is 24.0 Å². The molecule has 0 radical (unpaired) electrons. The topological polar surface area (TPSA) is 51.2 Å². The lowest BCUT2D eigenvalue weighted by Gasteiger charge is -2.39. The van der Waals surface area contributed by atoms with Gasteiger partial charge in [0.1, 0.15) is 0 Å². The Labute approximate surface area is 150 Å². The molecule has 142 valence electrons. The van der Waals surface area contributed by atoms with Crippen molar-refractivity contribution >= 4 is 6.03 Å². The summed E-state index contributed by atoms with van der Waals surface area (Å²) in [4.78, 5) is 16.6. The second-order valence-corrected chi connectivity index (χ2v) is 8.17. The van der Waals surface area contributed by atoms with E-state index in [4.69, 9.17) is 14.2 Å². The molecule has 4 aliphatic rings. The van der Waals surface area contributed by atoms with Gasteiger partial charge in [0.05, 0.1) is 24.9 Å². The maximum absolute atomic E-state index is 12.5. The Balaban J connectivity index is 1.21. The number of amides is 2. The molecule has 0 aliphatic carbocycles. The highest BCUT2D eigenvalue weighted by Gasteiger charge is 2.44. The molecule has 1 atom stereocenters. The van der Waals surface area contributed by atoms with Crippen LogP contribution in [0.2, 0.25) is 0 Å². The van der Waals surface area contributed by atoms with Crippen molar-refractivity contribution in [2.45, 2.75) is 56.7 Å². The van der Waals surface area contributed by atoms with E-state index < -0.39 is 0 Å². The number of rotatable bonds is 3. The zero-order valence-electron chi connectivity index (χ0n) is 15.3. The molecule has 0 aromatic carbocycles. The predicted octanol–water partition coefficient (Wildman–Crippen LogP) is 2.27. The van der Waals surface area contributed by atoms with Crippen LogP contribution in [0.4, 0.5) is 4.79 Å². The zero-order chi connectivity index (χ0) is 17.1. The number of ether oxygens (including phenoxy) is 3. The Hall–Kier alpha value is -0.850. The fraction of sp³-hybridized carbons (Fsp3) is 0.947. The Morgan fingerprint density at radius 2 is 1.72 bits per heavy atom. The van der Waals surface area contributed by atoms with Crippen LogP contribution >= 0.6 is 0 Å². The Morgan fingerprint density at radius 3 is 2.44 bits per heavy atom. The van der Waals surface area contributed by atoms with E-state index in [2.05, 4.69) is 0 Å². The number of urea groups is 1. The number of carbonyl (C=O) groups is 1. The lowest BCUT2D eigenvalue weighted by Crippen LogP contribution is -2.50. The summed E-state index contributed by atoms with van der Waals surface area (Å²) in [6.07, 6.45) is 7.65. The van der Waals surface area contributed by atoms with Crippen LogP contribution in [0.1, 0.15) is 44.9 Å². The first-order valence-electron chi connectivity index (χ1n) is 10.1. The number of hydrogen-bond acceptors (Lipinski definition) is 4. The molecule has 0 bridgehead atoms. The summed E-state index contributed by atoms with van der Waals surface area (Å²) in [6.45, 7) is 6.80. The Bertz CT molecular complexity index is 452. The van der Waals surface area contributed by atoms with Crippen molar-refractivity contribution in [3.63, 3.8) is 0 Å². The van der Waals surface area contributed by atoms with Gasteiger partial charge in [0, 0.05) is 45.8 Å². The molecule has 6 nitrogen and oxygen atoms in total. The first kappa shape index (κ1) is 17.6. The molecular formula is C19H32N2O4. The third kappa shape index (κ3) is 4.12. The molecule has 0 aromatic rings. The lowest BCUT2D eigenvalue weighted by molar-refractivity contribution is -0.0421. The maximum atomic E-state index is 12.5. The van der Waals surface area contributed by atoms with Crippen LogP contribution in [0.5, 0.6) is 0 Å². The second kappa shape index (κ2) is 7.80. The van der Waals surface area contributed by atoms with Gasteiger partial charge in [-0.25, -0.2) is 4.79 Å². The van der Waals surface area contributed by atoms with E-state index in [-0.39, 0.29) is 17.7 Å². The molecule has 4 heterocycles. The van der Waals surface area contributed by atoms with E-state index in [0.29, 0.717) is 12.5 Å². The van der Waals surface area contributed by atoms with Crippen LogP contribution in [0, 0.1) is 5.92 Å². The minimum absolute atomic E-state index is 0.0534. The van der Waals surface area contributed by atoms with E-state index in [1.54, 1.807) is 0 Å². The van der Waals surface area contributed by atoms with Gasteiger partial charge in [-0.1, -0.05) is 0 Å². The Morgan fingerprint density at radius 1 is 1.04 bits per heavy atom. The molecule has 0 saturated carbocycles. The van der Waals surface area contributed by atoms with Crippen LogP contribution in [0.15, 0.2) is 0 Å². The van der Waals surface area contributed by atoms with Gasteiger partial charge in [-0.2, -0.15) is 0 Å². The third-order valence-electron chi connectivity index (χ3n) is 6.41. The average Bonchev–Trinajstić information content (AvgIpc) is 3.32. The second-order valence-electron chi connectivity index (χ2n) is 8.17. The molecule has 0 aromatic heterocycles. The SMILES string of the molecule is O=C(N1CCCC1)N1CCC2(CC1)C[C@@H](OCC1CCOCC1)CO2. The van der Waals surface area contributed by atoms with Crippen LogP contribution < -0.4 is 0 Å². The van der Waals surface area contributed by atoms with Crippen molar-refractivity contribution in [1.82, 2.24) is 9.80 Å². The monoisotopic (exact) mass is 352 g/mol. The fourth-order valence-corrected chi connectivity index (χ4v) is 4.66. The van der Waals surface area contributed by atoms with Gasteiger partial charge in [0.15, 0.2) is 0 Å². The molecular weight excluding hydrogens is 320 g/mol. The van der Waals surface area contributed by atoms with E-state index in [9.17, 15) is 4.79 Å². The van der Waals surface area contributed by atoms with E-state index in [1.807, 2.05) is 9.80 Å². The van der Waals surface area contributed by atoms with Gasteiger partial charge >= 0.3 is 6.03 Å². The minimum atomic E-state index is -0.0534. The third-order valence-corrected chi connectivity index (χ3v) is 6.41. The van der Waals surface area contributed by atoms with Crippen LogP contribution in [-0.2, 0) is 14.2 Å². The molecule has 6 heteroatoms. The largest absolute Gasteiger partial charge is 0.381 e. The summed E-state index contributed by atoms with van der Waals surface area (Å²) < 4.78 is 17.8. The number of carbonyl (C=O) groups excluding carboxylic acids is 1. The first-order chi connectivity index (χ1) is 12.2. The van der Waals surface area contributed by atoms with Gasteiger partial charge in [-0.3, -0.25) is 0 Å². The van der Waals surface area contributed by atoms with Crippen LogP contribution in [0.3, 0.4) is 0 Å². The van der Waals surface area contributed by atoms with E-state index >= 15 is 0 Å². The quantitative estimate of drug-likeness (QED) is 0.782. The van der Waals surface area contributed by atoms with Gasteiger partial charge in [0.25, 0.3) is 0 Å². The van der Waals surface area contributed by atoms with Crippen molar-refractivity contribution in [2.24, 2.45) is 5.92 Å². The summed E-state index contributed by atoms with van der Waals surface area (Å²) >= 11 is 0. The van der Waals surface area contributed by atoms with Crippen molar-refractivity contribution in [3.8, 4) is 0 Å². The van der Waals surface area contributed by atoms with Gasteiger partial charge in [-0.15, -0.1) is 0 Å². The van der Waals surface area contributed by atoms with Gasteiger partial charge in [-0.05, 0) is 44.4 Å².